The molecular formula is C17H14F4N4O. The van der Waals surface area contributed by atoms with Crippen molar-refractivity contribution in [3.05, 3.63) is 53.6 Å². The molecule has 1 unspecified atom stereocenters. The molecule has 2 aromatic heterocycles. The van der Waals surface area contributed by atoms with E-state index in [-0.39, 0.29) is 11.2 Å². The Bertz CT molecular complexity index is 963. The van der Waals surface area contributed by atoms with Crippen LogP contribution in [0.1, 0.15) is 23.0 Å². The maximum Gasteiger partial charge on any atom is 0.408 e. The lowest BCUT2D eigenvalue weighted by molar-refractivity contribution is -0.149. The number of hydrogen-bond acceptors (Lipinski definition) is 3. The van der Waals surface area contributed by atoms with E-state index in [0.29, 0.717) is 17.0 Å². The number of nitrogens with one attached hydrogen (secondary N) is 1. The van der Waals surface area contributed by atoms with Crippen molar-refractivity contribution in [2.45, 2.75) is 26.1 Å². The molecule has 2 heterocycles. The quantitative estimate of drug-likeness (QED) is 0.722. The van der Waals surface area contributed by atoms with Crippen LogP contribution in [0.2, 0.25) is 0 Å². The fraction of sp³-hybridized carbons (Fsp3) is 0.235. The van der Waals surface area contributed by atoms with Crippen LogP contribution >= 0.6 is 0 Å². The van der Waals surface area contributed by atoms with Gasteiger partial charge >= 0.3 is 6.18 Å². The zero-order valence-electron chi connectivity index (χ0n) is 13.8. The van der Waals surface area contributed by atoms with Gasteiger partial charge in [0.25, 0.3) is 5.91 Å². The topological polar surface area (TPSA) is 59.3 Å². The standard InChI is InChI=1S/C17H14F4N4O/c1-9-7-14(11-3-5-12(18)6-4-11)24-15-13(8-22-25(9)15)16(26)23-10(2)17(19,20)21/h3-8,10H,1-2H3,(H,23,26). The molecule has 5 nitrogen and oxygen atoms in total. The van der Waals surface area contributed by atoms with E-state index in [4.69, 9.17) is 0 Å². The highest BCUT2D eigenvalue weighted by molar-refractivity contribution is 6.00. The lowest BCUT2D eigenvalue weighted by Crippen LogP contribution is -2.43. The normalized spacial score (nSPS) is 13.0. The molecule has 3 aromatic rings. The van der Waals surface area contributed by atoms with Crippen LogP contribution in [-0.2, 0) is 0 Å². The number of aromatic nitrogens is 3. The molecule has 0 aliphatic heterocycles. The van der Waals surface area contributed by atoms with Gasteiger partial charge in [0.15, 0.2) is 5.65 Å². The summed E-state index contributed by atoms with van der Waals surface area (Å²) in [5, 5.41) is 5.90. The number of carbonyl (C=O) groups excluding carboxylic acids is 1. The molecule has 1 amide bonds. The van der Waals surface area contributed by atoms with Crippen molar-refractivity contribution in [3.63, 3.8) is 0 Å². The summed E-state index contributed by atoms with van der Waals surface area (Å²) in [6, 6.07) is 5.27. The summed E-state index contributed by atoms with van der Waals surface area (Å²) >= 11 is 0. The van der Waals surface area contributed by atoms with E-state index in [0.717, 1.165) is 6.92 Å². The molecule has 1 aromatic carbocycles. The third-order valence-corrected chi connectivity index (χ3v) is 3.87. The van der Waals surface area contributed by atoms with Crippen molar-refractivity contribution in [2.75, 3.05) is 0 Å². The summed E-state index contributed by atoms with van der Waals surface area (Å²) in [4.78, 5) is 16.5. The van der Waals surface area contributed by atoms with Gasteiger partial charge in [-0.2, -0.15) is 18.3 Å². The molecule has 1 N–H and O–H groups in total. The third kappa shape index (κ3) is 3.37. The first-order valence-electron chi connectivity index (χ1n) is 7.65. The first-order valence-corrected chi connectivity index (χ1v) is 7.65. The second kappa shape index (κ2) is 6.40. The molecule has 136 valence electrons. The molecule has 0 fully saturated rings. The summed E-state index contributed by atoms with van der Waals surface area (Å²) in [6.45, 7) is 2.57. The zero-order valence-corrected chi connectivity index (χ0v) is 13.8. The largest absolute Gasteiger partial charge is 0.408 e. The van der Waals surface area contributed by atoms with E-state index in [1.807, 2.05) is 5.32 Å². The predicted molar refractivity (Wildman–Crippen MR) is 86.1 cm³/mol. The number of carbonyl (C=O) groups is 1. The first kappa shape index (κ1) is 17.8. The van der Waals surface area contributed by atoms with Crippen LogP contribution < -0.4 is 5.32 Å². The molecule has 0 saturated carbocycles. The summed E-state index contributed by atoms with van der Waals surface area (Å²) in [7, 11) is 0. The maximum absolute atomic E-state index is 13.1. The molecular weight excluding hydrogens is 352 g/mol. The van der Waals surface area contributed by atoms with Gasteiger partial charge in [0.1, 0.15) is 17.4 Å². The van der Waals surface area contributed by atoms with Gasteiger partial charge in [-0.25, -0.2) is 13.9 Å². The van der Waals surface area contributed by atoms with Crippen LogP contribution in [0.25, 0.3) is 16.9 Å². The van der Waals surface area contributed by atoms with Crippen LogP contribution in [-0.4, -0.2) is 32.7 Å². The van der Waals surface area contributed by atoms with Crippen LogP contribution in [0.4, 0.5) is 17.6 Å². The van der Waals surface area contributed by atoms with E-state index in [9.17, 15) is 22.4 Å². The Balaban J connectivity index is 2.02. The van der Waals surface area contributed by atoms with Gasteiger partial charge in [0, 0.05) is 11.3 Å². The van der Waals surface area contributed by atoms with E-state index in [2.05, 4.69) is 10.1 Å². The molecule has 1 atom stereocenters. The Kier molecular flexibility index (Phi) is 4.39. The summed E-state index contributed by atoms with van der Waals surface area (Å²) in [6.07, 6.45) is -3.39. The molecule has 26 heavy (non-hydrogen) atoms. The number of benzene rings is 1. The average molecular weight is 366 g/mol. The van der Waals surface area contributed by atoms with Gasteiger partial charge in [-0.15, -0.1) is 0 Å². The van der Waals surface area contributed by atoms with Crippen molar-refractivity contribution >= 4 is 11.6 Å². The Morgan fingerprint density at radius 2 is 1.88 bits per heavy atom. The lowest BCUT2D eigenvalue weighted by atomic mass is 10.1. The summed E-state index contributed by atoms with van der Waals surface area (Å²) < 4.78 is 52.5. The number of amides is 1. The minimum absolute atomic E-state index is 0.0758. The van der Waals surface area contributed by atoms with Gasteiger partial charge < -0.3 is 5.32 Å². The number of rotatable bonds is 3. The van der Waals surface area contributed by atoms with Crippen molar-refractivity contribution in [3.8, 4) is 11.3 Å². The molecule has 3 rings (SSSR count). The average Bonchev–Trinajstić information content (AvgIpc) is 2.99. The maximum atomic E-state index is 13.1. The molecule has 0 aliphatic rings. The van der Waals surface area contributed by atoms with Crippen LogP contribution in [0.15, 0.2) is 36.5 Å². The fourth-order valence-electron chi connectivity index (χ4n) is 2.40. The Morgan fingerprint density at radius 3 is 2.50 bits per heavy atom. The van der Waals surface area contributed by atoms with E-state index in [1.54, 1.807) is 13.0 Å². The summed E-state index contributed by atoms with van der Waals surface area (Å²) in [5.41, 5.74) is 1.73. The molecule has 0 saturated heterocycles. The minimum atomic E-state index is -4.55. The van der Waals surface area contributed by atoms with Crippen LogP contribution in [0.5, 0.6) is 0 Å². The molecule has 0 spiro atoms. The number of alkyl halides is 3. The van der Waals surface area contributed by atoms with Crippen molar-refractivity contribution in [2.24, 2.45) is 0 Å². The highest BCUT2D eigenvalue weighted by atomic mass is 19.4. The lowest BCUT2D eigenvalue weighted by Gasteiger charge is -2.16. The van der Waals surface area contributed by atoms with E-state index >= 15 is 0 Å². The Labute approximate surface area is 145 Å². The molecule has 0 radical (unpaired) electrons. The SMILES string of the molecule is Cc1cc(-c2ccc(F)cc2)nc2c(C(=O)NC(C)C(F)(F)F)cnn12. The number of fused-ring (bicyclic) bond motifs is 1. The number of aryl methyl sites for hydroxylation is 1. The minimum Gasteiger partial charge on any atom is -0.340 e. The number of hydrogen-bond donors (Lipinski definition) is 1. The smallest absolute Gasteiger partial charge is 0.340 e. The second-order valence-corrected chi connectivity index (χ2v) is 5.82. The van der Waals surface area contributed by atoms with Gasteiger partial charge in [-0.3, -0.25) is 4.79 Å². The van der Waals surface area contributed by atoms with Gasteiger partial charge in [-0.1, -0.05) is 0 Å². The predicted octanol–water partition coefficient (Wildman–Crippen LogP) is 3.52. The highest BCUT2D eigenvalue weighted by Gasteiger charge is 2.37. The summed E-state index contributed by atoms with van der Waals surface area (Å²) in [5.74, 6) is -1.33. The first-order chi connectivity index (χ1) is 12.2. The van der Waals surface area contributed by atoms with Crippen molar-refractivity contribution < 1.29 is 22.4 Å². The van der Waals surface area contributed by atoms with Gasteiger partial charge in [0.2, 0.25) is 0 Å². The van der Waals surface area contributed by atoms with E-state index in [1.165, 1.54) is 35.0 Å². The second-order valence-electron chi connectivity index (χ2n) is 5.82. The molecule has 0 bridgehead atoms. The number of nitrogens with zero attached hydrogens (tertiary/aromatic N) is 3. The van der Waals surface area contributed by atoms with Crippen molar-refractivity contribution in [1.29, 1.82) is 0 Å². The van der Waals surface area contributed by atoms with E-state index < -0.39 is 23.9 Å². The highest BCUT2D eigenvalue weighted by Crippen LogP contribution is 2.23. The number of halogens is 4. The Hall–Kier alpha value is -2.97. The zero-order chi connectivity index (χ0) is 19.1. The molecule has 0 aliphatic carbocycles. The van der Waals surface area contributed by atoms with Gasteiger partial charge in [0.05, 0.1) is 11.9 Å². The monoisotopic (exact) mass is 366 g/mol. The Morgan fingerprint density at radius 1 is 1.23 bits per heavy atom. The fourth-order valence-corrected chi connectivity index (χ4v) is 2.40. The van der Waals surface area contributed by atoms with Gasteiger partial charge in [-0.05, 0) is 44.2 Å². The molecule has 9 heteroatoms. The van der Waals surface area contributed by atoms with Crippen molar-refractivity contribution in [1.82, 2.24) is 19.9 Å². The van der Waals surface area contributed by atoms with Crippen LogP contribution in [0, 0.1) is 12.7 Å². The van der Waals surface area contributed by atoms with Crippen LogP contribution in [0.3, 0.4) is 0 Å². The third-order valence-electron chi connectivity index (χ3n) is 3.87.